The maximum Gasteiger partial charge on any atom is 0.325 e. The number of rotatable bonds is 4. The van der Waals surface area contributed by atoms with Crippen LogP contribution in [0.3, 0.4) is 0 Å². The minimum atomic E-state index is -0.832. The molecule has 0 bridgehead atoms. The smallest absolute Gasteiger partial charge is 0.325 e. The Morgan fingerprint density at radius 3 is 2.50 bits per heavy atom. The predicted octanol–water partition coefficient (Wildman–Crippen LogP) is 3.31. The Labute approximate surface area is 167 Å². The minimum Gasteiger partial charge on any atom is -0.332 e. The Balaban J connectivity index is 1.78. The third kappa shape index (κ3) is 3.77. The molecule has 1 aromatic rings. The molecule has 28 heavy (non-hydrogen) atoms. The SMILES string of the molecule is C[C@@H]1CCCC[C@]12NC(=O)N(CC(=O)N(Cc1ccccc1)C(C)(C)C)C2=O. The molecule has 1 saturated carbocycles. The van der Waals surface area contributed by atoms with Crippen molar-refractivity contribution in [1.82, 2.24) is 15.1 Å². The summed E-state index contributed by atoms with van der Waals surface area (Å²) in [6.45, 7) is 8.12. The van der Waals surface area contributed by atoms with Crippen molar-refractivity contribution in [1.29, 1.82) is 0 Å². The van der Waals surface area contributed by atoms with Crippen LogP contribution in [-0.4, -0.2) is 45.3 Å². The van der Waals surface area contributed by atoms with Crippen molar-refractivity contribution in [3.8, 4) is 0 Å². The van der Waals surface area contributed by atoms with Crippen LogP contribution in [0.2, 0.25) is 0 Å². The summed E-state index contributed by atoms with van der Waals surface area (Å²) in [5.74, 6) is -0.382. The van der Waals surface area contributed by atoms with E-state index in [0.29, 0.717) is 13.0 Å². The first-order valence-corrected chi connectivity index (χ1v) is 10.1. The Morgan fingerprint density at radius 1 is 1.21 bits per heavy atom. The van der Waals surface area contributed by atoms with Crippen LogP contribution >= 0.6 is 0 Å². The van der Waals surface area contributed by atoms with Gasteiger partial charge in [-0.05, 0) is 45.1 Å². The zero-order valence-corrected chi connectivity index (χ0v) is 17.3. The molecule has 3 rings (SSSR count). The summed E-state index contributed by atoms with van der Waals surface area (Å²) in [4.78, 5) is 41.7. The number of hydrogen-bond donors (Lipinski definition) is 1. The second kappa shape index (κ2) is 7.57. The molecule has 6 heteroatoms. The number of carbonyl (C=O) groups excluding carboxylic acids is 3. The van der Waals surface area contributed by atoms with Crippen LogP contribution in [0.5, 0.6) is 0 Å². The van der Waals surface area contributed by atoms with Crippen molar-refractivity contribution in [2.24, 2.45) is 5.92 Å². The van der Waals surface area contributed by atoms with Crippen LogP contribution in [0.1, 0.15) is 58.9 Å². The van der Waals surface area contributed by atoms with E-state index >= 15 is 0 Å². The minimum absolute atomic E-state index is 0.0841. The summed E-state index contributed by atoms with van der Waals surface area (Å²) in [7, 11) is 0. The second-order valence-electron chi connectivity index (χ2n) is 9.08. The number of imide groups is 1. The summed E-state index contributed by atoms with van der Waals surface area (Å²) in [6.07, 6.45) is 3.55. The van der Waals surface area contributed by atoms with Crippen LogP contribution in [0, 0.1) is 5.92 Å². The summed E-state index contributed by atoms with van der Waals surface area (Å²) < 4.78 is 0. The molecular weight excluding hydrogens is 354 g/mol. The zero-order chi connectivity index (χ0) is 20.5. The van der Waals surface area contributed by atoms with Gasteiger partial charge in [-0.3, -0.25) is 14.5 Å². The molecule has 1 aromatic carbocycles. The number of amides is 4. The van der Waals surface area contributed by atoms with Crippen molar-refractivity contribution >= 4 is 17.8 Å². The van der Waals surface area contributed by atoms with E-state index in [-0.39, 0.29) is 24.3 Å². The Morgan fingerprint density at radius 2 is 1.89 bits per heavy atom. The number of urea groups is 1. The molecule has 1 spiro atoms. The lowest BCUT2D eigenvalue weighted by atomic mass is 9.73. The molecule has 2 atom stereocenters. The second-order valence-corrected chi connectivity index (χ2v) is 9.08. The van der Waals surface area contributed by atoms with Crippen molar-refractivity contribution in [2.75, 3.05) is 6.54 Å². The number of hydrogen-bond acceptors (Lipinski definition) is 3. The highest BCUT2D eigenvalue weighted by molar-refractivity contribution is 6.09. The van der Waals surface area contributed by atoms with Crippen molar-refractivity contribution in [3.63, 3.8) is 0 Å². The lowest BCUT2D eigenvalue weighted by molar-refractivity contribution is -0.143. The predicted molar refractivity (Wildman–Crippen MR) is 107 cm³/mol. The summed E-state index contributed by atoms with van der Waals surface area (Å²) >= 11 is 0. The Bertz CT molecular complexity index is 756. The van der Waals surface area contributed by atoms with E-state index < -0.39 is 17.1 Å². The average molecular weight is 386 g/mol. The number of nitrogens with zero attached hydrogens (tertiary/aromatic N) is 2. The van der Waals surface area contributed by atoms with Crippen LogP contribution < -0.4 is 5.32 Å². The van der Waals surface area contributed by atoms with Gasteiger partial charge in [0.1, 0.15) is 12.1 Å². The van der Waals surface area contributed by atoms with E-state index in [1.165, 1.54) is 0 Å². The highest BCUT2D eigenvalue weighted by Gasteiger charge is 2.55. The molecule has 2 fully saturated rings. The van der Waals surface area contributed by atoms with Crippen molar-refractivity contribution < 1.29 is 14.4 Å². The van der Waals surface area contributed by atoms with Crippen LogP contribution in [-0.2, 0) is 16.1 Å². The molecule has 0 unspecified atom stereocenters. The largest absolute Gasteiger partial charge is 0.332 e. The van der Waals surface area contributed by atoms with E-state index in [2.05, 4.69) is 5.32 Å². The Hall–Kier alpha value is -2.37. The van der Waals surface area contributed by atoms with Gasteiger partial charge in [0.2, 0.25) is 5.91 Å². The quantitative estimate of drug-likeness (QED) is 0.809. The van der Waals surface area contributed by atoms with Gasteiger partial charge in [-0.15, -0.1) is 0 Å². The first kappa shape index (κ1) is 20.4. The first-order chi connectivity index (χ1) is 13.1. The molecule has 4 amide bonds. The normalized spacial score (nSPS) is 25.1. The Kier molecular flexibility index (Phi) is 5.50. The maximum absolute atomic E-state index is 13.1. The maximum atomic E-state index is 13.1. The van der Waals surface area contributed by atoms with Gasteiger partial charge in [-0.25, -0.2) is 4.79 Å². The van der Waals surface area contributed by atoms with E-state index in [0.717, 1.165) is 29.7 Å². The van der Waals surface area contributed by atoms with Gasteiger partial charge in [0.05, 0.1) is 0 Å². The number of carbonyl (C=O) groups is 3. The lowest BCUT2D eigenvalue weighted by Gasteiger charge is -2.38. The van der Waals surface area contributed by atoms with E-state index in [9.17, 15) is 14.4 Å². The summed E-state index contributed by atoms with van der Waals surface area (Å²) in [6, 6.07) is 9.31. The van der Waals surface area contributed by atoms with Crippen molar-refractivity contribution in [2.45, 2.75) is 71.0 Å². The van der Waals surface area contributed by atoms with Gasteiger partial charge in [-0.2, -0.15) is 0 Å². The van der Waals surface area contributed by atoms with Gasteiger partial charge in [0.25, 0.3) is 5.91 Å². The van der Waals surface area contributed by atoms with Crippen molar-refractivity contribution in [3.05, 3.63) is 35.9 Å². The lowest BCUT2D eigenvalue weighted by Crippen LogP contribution is -2.54. The molecule has 0 radical (unpaired) electrons. The molecule has 1 heterocycles. The third-order valence-electron chi connectivity index (χ3n) is 6.09. The molecule has 152 valence electrons. The topological polar surface area (TPSA) is 69.7 Å². The van der Waals surface area contributed by atoms with Gasteiger partial charge in [-0.1, -0.05) is 50.1 Å². The molecule has 1 aliphatic carbocycles. The third-order valence-corrected chi connectivity index (χ3v) is 6.09. The fourth-order valence-corrected chi connectivity index (χ4v) is 4.33. The van der Waals surface area contributed by atoms with Crippen LogP contribution in [0.25, 0.3) is 0 Å². The fourth-order valence-electron chi connectivity index (χ4n) is 4.33. The fraction of sp³-hybridized carbons (Fsp3) is 0.591. The number of benzene rings is 1. The monoisotopic (exact) mass is 385 g/mol. The summed E-state index contributed by atoms with van der Waals surface area (Å²) in [5.41, 5.74) is -0.246. The van der Waals surface area contributed by atoms with Crippen LogP contribution in [0.15, 0.2) is 30.3 Å². The molecule has 1 saturated heterocycles. The van der Waals surface area contributed by atoms with Gasteiger partial charge in [0.15, 0.2) is 0 Å². The highest BCUT2D eigenvalue weighted by atomic mass is 16.2. The van der Waals surface area contributed by atoms with Gasteiger partial charge in [0, 0.05) is 12.1 Å². The molecule has 0 aromatic heterocycles. The first-order valence-electron chi connectivity index (χ1n) is 10.1. The van der Waals surface area contributed by atoms with E-state index in [1.54, 1.807) is 4.90 Å². The van der Waals surface area contributed by atoms with Gasteiger partial charge >= 0.3 is 6.03 Å². The zero-order valence-electron chi connectivity index (χ0n) is 17.3. The summed E-state index contributed by atoms with van der Waals surface area (Å²) in [5, 5.41) is 2.92. The standard InChI is InChI=1S/C22H31N3O3/c1-16-10-8-9-13-22(16)19(27)24(20(28)23-22)15-18(26)25(21(2,3)4)14-17-11-6-5-7-12-17/h5-7,11-12,16H,8-10,13-15H2,1-4H3,(H,23,28)/t16-,22+/m1/s1. The molecule has 2 aliphatic rings. The molecule has 6 nitrogen and oxygen atoms in total. The molecule has 1 N–H and O–H groups in total. The van der Waals surface area contributed by atoms with E-state index in [4.69, 9.17) is 0 Å². The molecular formula is C22H31N3O3. The molecule has 1 aliphatic heterocycles. The number of nitrogens with one attached hydrogen (secondary N) is 1. The highest BCUT2D eigenvalue weighted by Crippen LogP contribution is 2.38. The van der Waals surface area contributed by atoms with Crippen LogP contribution in [0.4, 0.5) is 4.79 Å². The van der Waals surface area contributed by atoms with E-state index in [1.807, 2.05) is 58.0 Å². The van der Waals surface area contributed by atoms with Gasteiger partial charge < -0.3 is 10.2 Å². The average Bonchev–Trinajstić information content (AvgIpc) is 2.87.